The van der Waals surface area contributed by atoms with Crippen LogP contribution >= 0.6 is 0 Å². The maximum Gasteiger partial charge on any atom is 0.242 e. The van der Waals surface area contributed by atoms with Crippen molar-refractivity contribution < 1.29 is 27.0 Å². The zero-order chi connectivity index (χ0) is 46.5. The Bertz CT molecular complexity index is 2560. The van der Waals surface area contributed by atoms with Gasteiger partial charge < -0.3 is 29.9 Å². The molecule has 8 atom stereocenters. The fourth-order valence-corrected chi connectivity index (χ4v) is 11.2. The molecule has 4 fully saturated rings. The molecule has 356 valence electrons. The summed E-state index contributed by atoms with van der Waals surface area (Å²) >= 11 is 0. The number of hydrogen-bond acceptors (Lipinski definition) is 14. The van der Waals surface area contributed by atoms with Gasteiger partial charge in [-0.1, -0.05) is 12.1 Å². The number of nitrogens with one attached hydrogen (secondary N) is 2. The van der Waals surface area contributed by atoms with Crippen LogP contribution in [0.5, 0.6) is 11.5 Å². The molecule has 4 bridgehead atoms. The maximum atomic E-state index is 14.1. The maximum absolute atomic E-state index is 14.1. The molecule has 2 unspecified atom stereocenters. The summed E-state index contributed by atoms with van der Waals surface area (Å²) in [6.07, 6.45) is 9.96. The predicted octanol–water partition coefficient (Wildman–Crippen LogP) is 7.79. The highest BCUT2D eigenvalue weighted by Crippen LogP contribution is 2.42. The standard InChI is InChI=1S/2C24H27F2N7O/c2*1-14-10-20(28-13-27-14)32-11-15-7-8-16(12-32)22(15)29-24-30-23-19(6-3-9-33(23)31-24)34-18-5-2-4-17(25)21(18)26/h2*2,4-5,10,13,15-16,19,22H,3,6-9,11-12H2,1H3,(H,29,31)/t2*15-,16+,19-,22?/m10/s1. The van der Waals surface area contributed by atoms with Gasteiger partial charge in [0.2, 0.25) is 23.5 Å². The van der Waals surface area contributed by atoms with Crippen LogP contribution in [0.25, 0.3) is 0 Å². The van der Waals surface area contributed by atoms with Gasteiger partial charge in [-0.3, -0.25) is 0 Å². The highest BCUT2D eigenvalue weighted by molar-refractivity contribution is 5.43. The second-order valence-electron chi connectivity index (χ2n) is 19.0. The first-order valence-corrected chi connectivity index (χ1v) is 23.8. The van der Waals surface area contributed by atoms with Crippen LogP contribution in [0.4, 0.5) is 41.1 Å². The molecule has 20 heteroatoms. The van der Waals surface area contributed by atoms with Crippen molar-refractivity contribution in [2.75, 3.05) is 46.6 Å². The Balaban J connectivity index is 0.000000149. The van der Waals surface area contributed by atoms with Gasteiger partial charge in [0.25, 0.3) is 0 Å². The number of aryl methyl sites for hydroxylation is 4. The van der Waals surface area contributed by atoms with Crippen LogP contribution in [0.1, 0.15) is 86.6 Å². The van der Waals surface area contributed by atoms with Crippen molar-refractivity contribution in [3.05, 3.63) is 107 Å². The van der Waals surface area contributed by atoms with E-state index in [1.165, 1.54) is 24.3 Å². The normalized spacial score (nSPS) is 25.8. The molecule has 4 aliphatic heterocycles. The molecule has 12 rings (SSSR count). The number of anilines is 4. The van der Waals surface area contributed by atoms with E-state index in [4.69, 9.17) is 19.4 Å². The van der Waals surface area contributed by atoms with E-state index in [9.17, 15) is 17.6 Å². The Kier molecular flexibility index (Phi) is 11.9. The zero-order valence-corrected chi connectivity index (χ0v) is 38.0. The average molecular weight is 935 g/mol. The summed E-state index contributed by atoms with van der Waals surface area (Å²) in [5.74, 6) is 2.37. The Morgan fingerprint density at radius 1 is 0.544 bits per heavy atom. The van der Waals surface area contributed by atoms with Gasteiger partial charge in [-0.2, -0.15) is 18.7 Å². The van der Waals surface area contributed by atoms with Crippen LogP contribution in [-0.4, -0.2) is 87.7 Å². The minimum atomic E-state index is -0.972. The van der Waals surface area contributed by atoms with E-state index >= 15 is 0 Å². The molecule has 6 aromatic rings. The summed E-state index contributed by atoms with van der Waals surface area (Å²) in [7, 11) is 0. The van der Waals surface area contributed by atoms with Gasteiger partial charge in [0.15, 0.2) is 47.0 Å². The Morgan fingerprint density at radius 2 is 0.956 bits per heavy atom. The molecule has 4 aromatic heterocycles. The van der Waals surface area contributed by atoms with Gasteiger partial charge in [-0.15, -0.1) is 10.2 Å². The second-order valence-corrected chi connectivity index (χ2v) is 19.0. The molecular weight excluding hydrogens is 881 g/mol. The number of hydrogen-bond donors (Lipinski definition) is 2. The van der Waals surface area contributed by atoms with Gasteiger partial charge in [-0.25, -0.2) is 38.1 Å². The number of benzene rings is 2. The highest BCUT2D eigenvalue weighted by Gasteiger charge is 2.45. The van der Waals surface area contributed by atoms with Crippen LogP contribution in [0, 0.1) is 60.8 Å². The summed E-state index contributed by atoms with van der Waals surface area (Å²) < 4.78 is 70.9. The molecule has 68 heavy (non-hydrogen) atoms. The van der Waals surface area contributed by atoms with E-state index < -0.39 is 35.5 Å². The predicted molar refractivity (Wildman–Crippen MR) is 243 cm³/mol. The fourth-order valence-electron chi connectivity index (χ4n) is 11.2. The SMILES string of the molecule is Cc1cc(N2C[C@H]3CC[C@@H](C2)C3Nc2nc3n(n2)CCC[C@@H]3Oc2cccc(F)c2F)ncn1.Cc1cc(N2C[C@H]3CC[C@@H](C2)C3Nc2nc3n(n2)CCC[C@H]3Oc2cccc(F)c2F)ncn1. The van der Waals surface area contributed by atoms with Gasteiger partial charge in [-0.05, 0) is 113 Å². The lowest BCUT2D eigenvalue weighted by Gasteiger charge is -2.38. The number of piperidine rings is 2. The third-order valence-corrected chi connectivity index (χ3v) is 14.5. The molecule has 8 heterocycles. The molecule has 2 saturated heterocycles. The van der Waals surface area contributed by atoms with Gasteiger partial charge in [0.1, 0.15) is 24.3 Å². The lowest BCUT2D eigenvalue weighted by molar-refractivity contribution is 0.147. The largest absolute Gasteiger partial charge is 0.479 e. The minimum Gasteiger partial charge on any atom is -0.479 e. The lowest BCUT2D eigenvalue weighted by atomic mass is 9.92. The first kappa shape index (κ1) is 43.9. The van der Waals surface area contributed by atoms with Crippen LogP contribution in [0.2, 0.25) is 0 Å². The number of halogens is 4. The minimum absolute atomic E-state index is 0.0960. The molecule has 2 saturated carbocycles. The van der Waals surface area contributed by atoms with Gasteiger partial charge in [0.05, 0.1) is 0 Å². The Labute approximate surface area is 390 Å². The monoisotopic (exact) mass is 934 g/mol. The van der Waals surface area contributed by atoms with Crippen molar-refractivity contribution >= 4 is 23.5 Å². The van der Waals surface area contributed by atoms with E-state index in [1.54, 1.807) is 12.7 Å². The molecule has 2 aromatic carbocycles. The molecule has 2 N–H and O–H groups in total. The topological polar surface area (TPSA) is 162 Å². The lowest BCUT2D eigenvalue weighted by Crippen LogP contribution is -2.48. The van der Waals surface area contributed by atoms with Crippen molar-refractivity contribution in [3.63, 3.8) is 0 Å². The molecule has 0 radical (unpaired) electrons. The van der Waals surface area contributed by atoms with Crippen molar-refractivity contribution in [2.45, 2.75) is 103 Å². The van der Waals surface area contributed by atoms with Crippen LogP contribution < -0.4 is 29.9 Å². The number of fused-ring (bicyclic) bond motifs is 6. The summed E-state index contributed by atoms with van der Waals surface area (Å²) in [4.78, 5) is 31.5. The van der Waals surface area contributed by atoms with Crippen molar-refractivity contribution in [1.29, 1.82) is 0 Å². The van der Waals surface area contributed by atoms with Crippen molar-refractivity contribution in [3.8, 4) is 11.5 Å². The molecular formula is C48H54F4N14O2. The van der Waals surface area contributed by atoms with E-state index in [-0.39, 0.29) is 11.5 Å². The third kappa shape index (κ3) is 8.84. The average Bonchev–Trinajstić information content (AvgIpc) is 4.06. The van der Waals surface area contributed by atoms with Crippen LogP contribution in [0.3, 0.4) is 0 Å². The number of nitrogens with zero attached hydrogens (tertiary/aromatic N) is 12. The Morgan fingerprint density at radius 3 is 1.35 bits per heavy atom. The smallest absolute Gasteiger partial charge is 0.242 e. The van der Waals surface area contributed by atoms with Crippen LogP contribution in [0.15, 0.2) is 61.2 Å². The summed E-state index contributed by atoms with van der Waals surface area (Å²) in [6.45, 7) is 9.17. The second kappa shape index (κ2) is 18.5. The highest BCUT2D eigenvalue weighted by atomic mass is 19.2. The summed E-state index contributed by atoms with van der Waals surface area (Å²) in [6, 6.07) is 12.6. The van der Waals surface area contributed by atoms with Crippen molar-refractivity contribution in [2.24, 2.45) is 23.7 Å². The van der Waals surface area contributed by atoms with Crippen LogP contribution in [-0.2, 0) is 13.1 Å². The summed E-state index contributed by atoms with van der Waals surface area (Å²) in [5.41, 5.74) is 1.94. The van der Waals surface area contributed by atoms with Gasteiger partial charge in [0, 0.05) is 74.9 Å². The van der Waals surface area contributed by atoms with Gasteiger partial charge >= 0.3 is 0 Å². The van der Waals surface area contributed by atoms with E-state index in [0.717, 1.165) is 113 Å². The molecule has 0 spiro atoms. The quantitative estimate of drug-likeness (QED) is 0.128. The molecule has 6 aliphatic rings. The number of ether oxygens (including phenoxy) is 2. The van der Waals surface area contributed by atoms with E-state index in [0.29, 0.717) is 72.1 Å². The third-order valence-electron chi connectivity index (χ3n) is 14.5. The van der Waals surface area contributed by atoms with E-state index in [1.807, 2.05) is 35.3 Å². The van der Waals surface area contributed by atoms with Crippen molar-refractivity contribution in [1.82, 2.24) is 49.5 Å². The molecule has 2 aliphatic carbocycles. The molecule has 16 nitrogen and oxygen atoms in total. The first-order chi connectivity index (χ1) is 33.1. The zero-order valence-electron chi connectivity index (χ0n) is 38.0. The Hall–Kier alpha value is -6.60. The first-order valence-electron chi connectivity index (χ1n) is 23.8. The number of aromatic nitrogens is 10. The van der Waals surface area contributed by atoms with E-state index in [2.05, 4.69) is 50.6 Å². The molecule has 0 amide bonds. The fraction of sp³-hybridized carbons (Fsp3) is 0.500. The summed E-state index contributed by atoms with van der Waals surface area (Å²) in [5, 5.41) is 16.5. The number of rotatable bonds is 10.